The lowest BCUT2D eigenvalue weighted by molar-refractivity contribution is -0.216. The van der Waals surface area contributed by atoms with Gasteiger partial charge in [-0.15, -0.1) is 0 Å². The molecular weight excluding hydrogens is 477 g/mol. The molecule has 162 valence electrons. The second-order valence-electron chi connectivity index (χ2n) is 7.84. The average Bonchev–Trinajstić information content (AvgIpc) is 3.38. The molecule has 1 aromatic rings. The van der Waals surface area contributed by atoms with Crippen molar-refractivity contribution >= 4 is 31.9 Å². The van der Waals surface area contributed by atoms with E-state index in [-0.39, 0.29) is 42.9 Å². The number of piperidine rings is 1. The summed E-state index contributed by atoms with van der Waals surface area (Å²) in [5.41, 5.74) is -1.57. The largest absolute Gasteiger partial charge is 0.490 e. The van der Waals surface area contributed by atoms with Crippen molar-refractivity contribution in [3.05, 3.63) is 28.7 Å². The summed E-state index contributed by atoms with van der Waals surface area (Å²) in [5.74, 6) is -2.25. The van der Waals surface area contributed by atoms with E-state index in [4.69, 9.17) is 4.74 Å². The van der Waals surface area contributed by atoms with Crippen molar-refractivity contribution in [2.75, 3.05) is 19.6 Å². The maximum absolute atomic E-state index is 12.8. The van der Waals surface area contributed by atoms with Crippen LogP contribution in [0.2, 0.25) is 0 Å². The topological polar surface area (TPSA) is 75.7 Å². The maximum atomic E-state index is 12.8. The number of benzene rings is 1. The summed E-state index contributed by atoms with van der Waals surface area (Å²) < 4.78 is 70.8. The second kappa shape index (κ2) is 7.82. The van der Waals surface area contributed by atoms with Crippen molar-refractivity contribution in [2.24, 2.45) is 0 Å². The highest BCUT2D eigenvalue weighted by molar-refractivity contribution is 9.10. The normalized spacial score (nSPS) is 21.6. The van der Waals surface area contributed by atoms with Crippen LogP contribution < -0.4 is 5.32 Å². The number of halogens is 4. The van der Waals surface area contributed by atoms with E-state index in [1.165, 1.54) is 16.4 Å². The van der Waals surface area contributed by atoms with E-state index in [1.54, 1.807) is 12.1 Å². The van der Waals surface area contributed by atoms with Crippen LogP contribution in [0.3, 0.4) is 0 Å². The Labute approximate surface area is 176 Å². The number of hydrogen-bond acceptors (Lipinski definition) is 5. The third-order valence-corrected chi connectivity index (χ3v) is 7.90. The number of ether oxygens (including phenoxy) is 1. The summed E-state index contributed by atoms with van der Waals surface area (Å²) in [5, 5.41) is 3.17. The summed E-state index contributed by atoms with van der Waals surface area (Å²) in [6, 6.07) is 6.12. The first-order valence-electron chi connectivity index (χ1n) is 9.16. The van der Waals surface area contributed by atoms with E-state index in [1.807, 2.05) is 6.92 Å². The van der Waals surface area contributed by atoms with Gasteiger partial charge in [-0.05, 0) is 44.0 Å². The number of nitrogens with zero attached hydrogens (tertiary/aromatic N) is 1. The van der Waals surface area contributed by atoms with Crippen LogP contribution in [0, 0.1) is 0 Å². The van der Waals surface area contributed by atoms with E-state index in [0.29, 0.717) is 0 Å². The van der Waals surface area contributed by atoms with E-state index >= 15 is 0 Å². The molecule has 2 fully saturated rings. The number of carbonyl (C=O) groups excluding carboxylic acids is 1. The van der Waals surface area contributed by atoms with Crippen LogP contribution in [0.4, 0.5) is 13.2 Å². The molecule has 1 saturated carbocycles. The van der Waals surface area contributed by atoms with Gasteiger partial charge >= 0.3 is 12.1 Å². The van der Waals surface area contributed by atoms with Crippen LogP contribution in [0.25, 0.3) is 0 Å². The molecule has 0 aromatic heterocycles. The SMILES string of the molecule is CC1(NCC2(OC(=O)C(F)(F)F)CCN(S(=O)(=O)c3ccc(Br)cc3)CC2)CC1. The molecule has 3 rings (SSSR count). The fourth-order valence-electron chi connectivity index (χ4n) is 3.20. The Kier molecular flexibility index (Phi) is 6.07. The van der Waals surface area contributed by atoms with Gasteiger partial charge in [-0.2, -0.15) is 17.5 Å². The van der Waals surface area contributed by atoms with E-state index in [0.717, 1.165) is 17.3 Å². The van der Waals surface area contributed by atoms with Gasteiger partial charge < -0.3 is 10.1 Å². The van der Waals surface area contributed by atoms with Gasteiger partial charge in [0.15, 0.2) is 0 Å². The number of alkyl halides is 3. The highest BCUT2D eigenvalue weighted by Gasteiger charge is 2.50. The first-order valence-corrected chi connectivity index (χ1v) is 11.4. The molecule has 1 saturated heterocycles. The zero-order valence-electron chi connectivity index (χ0n) is 15.8. The van der Waals surface area contributed by atoms with Crippen LogP contribution in [-0.4, -0.2) is 55.6 Å². The Morgan fingerprint density at radius 3 is 2.21 bits per heavy atom. The Morgan fingerprint density at radius 1 is 1.17 bits per heavy atom. The molecule has 29 heavy (non-hydrogen) atoms. The Hall–Kier alpha value is -1.17. The lowest BCUT2D eigenvalue weighted by Crippen LogP contribution is -2.56. The van der Waals surface area contributed by atoms with Crippen LogP contribution in [0.15, 0.2) is 33.6 Å². The second-order valence-corrected chi connectivity index (χ2v) is 10.7. The lowest BCUT2D eigenvalue weighted by Gasteiger charge is -2.41. The van der Waals surface area contributed by atoms with Gasteiger partial charge in [-0.3, -0.25) is 0 Å². The fraction of sp³-hybridized carbons (Fsp3) is 0.611. The van der Waals surface area contributed by atoms with Crippen molar-refractivity contribution in [1.82, 2.24) is 9.62 Å². The number of rotatable bonds is 6. The van der Waals surface area contributed by atoms with Gasteiger partial charge in [-0.25, -0.2) is 13.2 Å². The number of nitrogens with one attached hydrogen (secondary N) is 1. The van der Waals surface area contributed by atoms with Gasteiger partial charge in [0.05, 0.1) is 4.90 Å². The minimum atomic E-state index is -5.10. The van der Waals surface area contributed by atoms with E-state index in [2.05, 4.69) is 21.2 Å². The van der Waals surface area contributed by atoms with Crippen LogP contribution in [0.1, 0.15) is 32.6 Å². The molecule has 0 spiro atoms. The maximum Gasteiger partial charge on any atom is 0.490 e. The van der Waals surface area contributed by atoms with Gasteiger partial charge in [-0.1, -0.05) is 15.9 Å². The van der Waals surface area contributed by atoms with Gasteiger partial charge in [0.1, 0.15) is 5.60 Å². The summed E-state index contributed by atoms with van der Waals surface area (Å²) in [6.07, 6.45) is -3.36. The van der Waals surface area contributed by atoms with E-state index < -0.39 is 27.8 Å². The van der Waals surface area contributed by atoms with Crippen LogP contribution in [0.5, 0.6) is 0 Å². The molecular formula is C18H22BrF3N2O4S. The van der Waals surface area contributed by atoms with Crippen molar-refractivity contribution in [2.45, 2.75) is 54.8 Å². The quantitative estimate of drug-likeness (QED) is 0.609. The van der Waals surface area contributed by atoms with Crippen molar-refractivity contribution < 1.29 is 31.1 Å². The zero-order valence-corrected chi connectivity index (χ0v) is 18.2. The number of sulfonamides is 1. The Morgan fingerprint density at radius 2 is 1.72 bits per heavy atom. The Balaban J connectivity index is 1.74. The summed E-state index contributed by atoms with van der Waals surface area (Å²) in [4.78, 5) is 11.6. The molecule has 0 amide bonds. The molecule has 2 aliphatic rings. The fourth-order valence-corrected chi connectivity index (χ4v) is 4.90. The highest BCUT2D eigenvalue weighted by Crippen LogP contribution is 2.37. The van der Waals surface area contributed by atoms with Gasteiger partial charge in [0.2, 0.25) is 10.0 Å². The summed E-state index contributed by atoms with van der Waals surface area (Å²) in [7, 11) is -3.79. The first-order chi connectivity index (χ1) is 13.4. The van der Waals surface area contributed by atoms with Crippen LogP contribution >= 0.6 is 15.9 Å². The van der Waals surface area contributed by atoms with Crippen LogP contribution in [-0.2, 0) is 19.6 Å². The third-order valence-electron chi connectivity index (χ3n) is 5.46. The molecule has 6 nitrogen and oxygen atoms in total. The predicted molar refractivity (Wildman–Crippen MR) is 103 cm³/mol. The van der Waals surface area contributed by atoms with Crippen molar-refractivity contribution in [3.63, 3.8) is 0 Å². The molecule has 0 radical (unpaired) electrons. The monoisotopic (exact) mass is 498 g/mol. The molecule has 0 unspecified atom stereocenters. The smallest absolute Gasteiger partial charge is 0.451 e. The number of esters is 1. The molecule has 1 aliphatic heterocycles. The highest BCUT2D eigenvalue weighted by atomic mass is 79.9. The number of hydrogen-bond donors (Lipinski definition) is 1. The minimum absolute atomic E-state index is 0.0202. The summed E-state index contributed by atoms with van der Waals surface area (Å²) >= 11 is 3.24. The van der Waals surface area contributed by atoms with Gasteiger partial charge in [0.25, 0.3) is 0 Å². The molecule has 1 N–H and O–H groups in total. The molecule has 1 aromatic carbocycles. The molecule has 0 atom stereocenters. The van der Waals surface area contributed by atoms with Gasteiger partial charge in [0, 0.05) is 42.5 Å². The van der Waals surface area contributed by atoms with Crippen molar-refractivity contribution in [3.8, 4) is 0 Å². The Bertz CT molecular complexity index is 862. The molecule has 0 bridgehead atoms. The molecule has 1 heterocycles. The number of carbonyl (C=O) groups is 1. The molecule has 11 heteroatoms. The zero-order chi connectivity index (χ0) is 21.5. The van der Waals surface area contributed by atoms with E-state index in [9.17, 15) is 26.4 Å². The average molecular weight is 499 g/mol. The predicted octanol–water partition coefficient (Wildman–Crippen LogP) is 3.22. The first kappa shape index (κ1) is 22.5. The molecule has 1 aliphatic carbocycles. The third kappa shape index (κ3) is 5.31. The standard InChI is InChI=1S/C18H22BrF3N2O4S/c1-16(6-7-16)23-12-17(28-15(25)18(20,21)22)8-10-24(11-9-17)29(26,27)14-4-2-13(19)3-5-14/h2-5,23H,6-12H2,1H3. The van der Waals surface area contributed by atoms with Crippen molar-refractivity contribution in [1.29, 1.82) is 0 Å². The minimum Gasteiger partial charge on any atom is -0.451 e. The lowest BCUT2D eigenvalue weighted by atomic mass is 9.91. The summed E-state index contributed by atoms with van der Waals surface area (Å²) in [6.45, 7) is 1.92.